The molecule has 3 aliphatic carbocycles. The van der Waals surface area contributed by atoms with Crippen LogP contribution in [0.25, 0.3) is 0 Å². The maximum Gasteiger partial charge on any atom is 0.0661 e. The Hall–Kier alpha value is -0.0800. The summed E-state index contributed by atoms with van der Waals surface area (Å²) >= 11 is 0. The van der Waals surface area contributed by atoms with Crippen LogP contribution in [0.1, 0.15) is 65.2 Å². The standard InChI is InChI=1S/C16H29NO/c1-3-18-15-11-14(16(15)9-6-10-16)17-13-8-5-4-7-12(13)2/h12-15,17H,3-11H2,1-2H3. The lowest BCUT2D eigenvalue weighted by molar-refractivity contribution is -0.176. The minimum Gasteiger partial charge on any atom is -0.378 e. The molecule has 1 spiro atoms. The number of hydrogen-bond donors (Lipinski definition) is 1. The van der Waals surface area contributed by atoms with Gasteiger partial charge in [0.1, 0.15) is 0 Å². The molecule has 18 heavy (non-hydrogen) atoms. The van der Waals surface area contributed by atoms with Crippen LogP contribution in [0.4, 0.5) is 0 Å². The van der Waals surface area contributed by atoms with Crippen LogP contribution >= 0.6 is 0 Å². The van der Waals surface area contributed by atoms with Crippen LogP contribution in [0.2, 0.25) is 0 Å². The molecule has 104 valence electrons. The quantitative estimate of drug-likeness (QED) is 0.825. The fourth-order valence-corrected chi connectivity index (χ4v) is 4.49. The molecule has 0 radical (unpaired) electrons. The highest BCUT2D eigenvalue weighted by Gasteiger charge is 2.59. The molecule has 0 aliphatic heterocycles. The molecule has 0 amide bonds. The van der Waals surface area contributed by atoms with Crippen LogP contribution in [0, 0.1) is 11.3 Å². The average Bonchev–Trinajstić information content (AvgIpc) is 2.28. The Kier molecular flexibility index (Phi) is 3.68. The number of rotatable bonds is 4. The molecule has 4 atom stereocenters. The van der Waals surface area contributed by atoms with E-state index in [0.29, 0.717) is 11.5 Å². The van der Waals surface area contributed by atoms with Crippen molar-refractivity contribution in [2.45, 2.75) is 83.4 Å². The Morgan fingerprint density at radius 2 is 1.94 bits per heavy atom. The molecule has 3 fully saturated rings. The van der Waals surface area contributed by atoms with Gasteiger partial charge >= 0.3 is 0 Å². The molecule has 0 aromatic carbocycles. The van der Waals surface area contributed by atoms with E-state index in [0.717, 1.165) is 24.6 Å². The summed E-state index contributed by atoms with van der Waals surface area (Å²) in [7, 11) is 0. The molecule has 3 rings (SSSR count). The Labute approximate surface area is 112 Å². The topological polar surface area (TPSA) is 21.3 Å². The Morgan fingerprint density at radius 3 is 2.56 bits per heavy atom. The molecule has 3 aliphatic rings. The van der Waals surface area contributed by atoms with Gasteiger partial charge in [-0.25, -0.2) is 0 Å². The van der Waals surface area contributed by atoms with E-state index in [-0.39, 0.29) is 0 Å². The first-order chi connectivity index (χ1) is 8.76. The minimum absolute atomic E-state index is 0.535. The van der Waals surface area contributed by atoms with Crippen LogP contribution in [0.15, 0.2) is 0 Å². The molecular formula is C16H29NO. The molecule has 0 aromatic rings. The van der Waals surface area contributed by atoms with E-state index in [2.05, 4.69) is 19.2 Å². The molecular weight excluding hydrogens is 222 g/mol. The summed E-state index contributed by atoms with van der Waals surface area (Å²) in [5, 5.41) is 4.01. The molecule has 3 saturated carbocycles. The van der Waals surface area contributed by atoms with Crippen LogP contribution in [0.5, 0.6) is 0 Å². The van der Waals surface area contributed by atoms with Crippen molar-refractivity contribution < 1.29 is 4.74 Å². The van der Waals surface area contributed by atoms with Crippen molar-refractivity contribution in [3.05, 3.63) is 0 Å². The number of nitrogens with one attached hydrogen (secondary N) is 1. The van der Waals surface area contributed by atoms with E-state index in [1.807, 2.05) is 0 Å². The second-order valence-electron chi connectivity index (χ2n) is 6.85. The summed E-state index contributed by atoms with van der Waals surface area (Å²) in [6.45, 7) is 5.46. The maximum atomic E-state index is 5.94. The first kappa shape index (κ1) is 12.9. The van der Waals surface area contributed by atoms with Gasteiger partial charge in [-0.3, -0.25) is 0 Å². The highest BCUT2D eigenvalue weighted by Crippen LogP contribution is 2.57. The normalized spacial score (nSPS) is 42.3. The van der Waals surface area contributed by atoms with Gasteiger partial charge in [0, 0.05) is 24.1 Å². The van der Waals surface area contributed by atoms with Crippen molar-refractivity contribution in [2.24, 2.45) is 11.3 Å². The van der Waals surface area contributed by atoms with E-state index >= 15 is 0 Å². The van der Waals surface area contributed by atoms with Crippen molar-refractivity contribution in [3.8, 4) is 0 Å². The van der Waals surface area contributed by atoms with Gasteiger partial charge in [0.2, 0.25) is 0 Å². The molecule has 4 unspecified atom stereocenters. The van der Waals surface area contributed by atoms with Gasteiger partial charge in [0.05, 0.1) is 6.10 Å². The van der Waals surface area contributed by atoms with Gasteiger partial charge in [-0.05, 0) is 44.9 Å². The Balaban J connectivity index is 1.57. The SMILES string of the molecule is CCOC1CC(NC2CCCCC2C)C12CCC2. The van der Waals surface area contributed by atoms with Crippen molar-refractivity contribution in [1.29, 1.82) is 0 Å². The number of ether oxygens (including phenoxy) is 1. The van der Waals surface area contributed by atoms with Crippen molar-refractivity contribution in [2.75, 3.05) is 6.61 Å². The fraction of sp³-hybridized carbons (Fsp3) is 1.00. The van der Waals surface area contributed by atoms with E-state index in [1.54, 1.807) is 0 Å². The smallest absolute Gasteiger partial charge is 0.0661 e. The second-order valence-corrected chi connectivity index (χ2v) is 6.85. The zero-order chi connectivity index (χ0) is 12.6. The maximum absolute atomic E-state index is 5.94. The monoisotopic (exact) mass is 251 g/mol. The predicted molar refractivity (Wildman–Crippen MR) is 74.7 cm³/mol. The zero-order valence-corrected chi connectivity index (χ0v) is 12.1. The summed E-state index contributed by atoms with van der Waals surface area (Å²) in [6, 6.07) is 1.54. The first-order valence-electron chi connectivity index (χ1n) is 8.14. The molecule has 2 heteroatoms. The predicted octanol–water partition coefficient (Wildman–Crippen LogP) is 3.50. The van der Waals surface area contributed by atoms with Gasteiger partial charge in [-0.1, -0.05) is 26.2 Å². The van der Waals surface area contributed by atoms with Gasteiger partial charge < -0.3 is 10.1 Å². The summed E-state index contributed by atoms with van der Waals surface area (Å²) in [5.41, 5.74) is 0.535. The summed E-state index contributed by atoms with van der Waals surface area (Å²) in [5.74, 6) is 0.877. The van der Waals surface area contributed by atoms with Crippen molar-refractivity contribution in [3.63, 3.8) is 0 Å². The third-order valence-electron chi connectivity index (χ3n) is 5.96. The Bertz CT molecular complexity index is 287. The van der Waals surface area contributed by atoms with Crippen LogP contribution in [-0.2, 0) is 4.74 Å². The lowest BCUT2D eigenvalue weighted by Gasteiger charge is -2.62. The molecule has 1 N–H and O–H groups in total. The molecule has 2 nitrogen and oxygen atoms in total. The largest absolute Gasteiger partial charge is 0.378 e. The van der Waals surface area contributed by atoms with E-state index in [9.17, 15) is 0 Å². The Morgan fingerprint density at radius 1 is 1.17 bits per heavy atom. The fourth-order valence-electron chi connectivity index (χ4n) is 4.49. The molecule has 0 bridgehead atoms. The van der Waals surface area contributed by atoms with E-state index in [1.165, 1.54) is 51.4 Å². The third-order valence-corrected chi connectivity index (χ3v) is 5.96. The third kappa shape index (κ3) is 2.02. The zero-order valence-electron chi connectivity index (χ0n) is 12.1. The summed E-state index contributed by atoms with van der Waals surface area (Å²) in [6.07, 6.45) is 11.7. The van der Waals surface area contributed by atoms with Crippen molar-refractivity contribution in [1.82, 2.24) is 5.32 Å². The van der Waals surface area contributed by atoms with Crippen LogP contribution in [0.3, 0.4) is 0 Å². The molecule has 0 saturated heterocycles. The molecule has 0 heterocycles. The van der Waals surface area contributed by atoms with Crippen molar-refractivity contribution >= 4 is 0 Å². The van der Waals surface area contributed by atoms with E-state index < -0.39 is 0 Å². The highest BCUT2D eigenvalue weighted by molar-refractivity contribution is 5.12. The van der Waals surface area contributed by atoms with Crippen LogP contribution < -0.4 is 5.32 Å². The first-order valence-corrected chi connectivity index (χ1v) is 8.14. The minimum atomic E-state index is 0.535. The summed E-state index contributed by atoms with van der Waals surface area (Å²) < 4.78 is 5.94. The lowest BCUT2D eigenvalue weighted by Crippen LogP contribution is -2.68. The van der Waals surface area contributed by atoms with Gasteiger partial charge in [0.15, 0.2) is 0 Å². The van der Waals surface area contributed by atoms with Crippen LogP contribution in [-0.4, -0.2) is 24.8 Å². The second kappa shape index (κ2) is 5.13. The van der Waals surface area contributed by atoms with Gasteiger partial charge in [0.25, 0.3) is 0 Å². The highest BCUT2D eigenvalue weighted by atomic mass is 16.5. The molecule has 0 aromatic heterocycles. The summed E-state index contributed by atoms with van der Waals surface area (Å²) in [4.78, 5) is 0. The number of hydrogen-bond acceptors (Lipinski definition) is 2. The van der Waals surface area contributed by atoms with Gasteiger partial charge in [-0.15, -0.1) is 0 Å². The van der Waals surface area contributed by atoms with Gasteiger partial charge in [-0.2, -0.15) is 0 Å². The van der Waals surface area contributed by atoms with E-state index in [4.69, 9.17) is 4.74 Å². The lowest BCUT2D eigenvalue weighted by atomic mass is 9.50. The average molecular weight is 251 g/mol.